The number of hydrogen-bond donors (Lipinski definition) is 0. The van der Waals surface area contributed by atoms with E-state index < -0.39 is 0 Å². The number of hydrogen-bond acceptors (Lipinski definition) is 2. The van der Waals surface area contributed by atoms with Crippen molar-refractivity contribution in [1.29, 1.82) is 0 Å². The van der Waals surface area contributed by atoms with Gasteiger partial charge in [-0.3, -0.25) is 0 Å². The molecule has 2 heteroatoms. The van der Waals surface area contributed by atoms with Gasteiger partial charge < -0.3 is 9.53 Å². The average Bonchev–Trinajstić information content (AvgIpc) is 2.81. The van der Waals surface area contributed by atoms with Gasteiger partial charge in [0.25, 0.3) is 0 Å². The molecule has 0 aromatic heterocycles. The minimum Gasteiger partial charge on any atom is -0.497 e. The molecule has 3 aliphatic rings. The Morgan fingerprint density at radius 2 is 1.25 bits per heavy atom. The van der Waals surface area contributed by atoms with Gasteiger partial charge in [0.1, 0.15) is 12.0 Å². The van der Waals surface area contributed by atoms with Gasteiger partial charge in [-0.05, 0) is 74.0 Å². The highest BCUT2D eigenvalue weighted by molar-refractivity contribution is 5.53. The monoisotopic (exact) mass is 384 g/mol. The molecule has 0 spiro atoms. The van der Waals surface area contributed by atoms with Crippen molar-refractivity contribution >= 4 is 6.29 Å². The van der Waals surface area contributed by atoms with Gasteiger partial charge >= 0.3 is 0 Å². The van der Waals surface area contributed by atoms with Crippen LogP contribution in [-0.4, -0.2) is 13.4 Å². The summed E-state index contributed by atoms with van der Waals surface area (Å²) in [6.45, 7) is 0. The van der Waals surface area contributed by atoms with Gasteiger partial charge in [0.15, 0.2) is 0 Å². The molecule has 4 rings (SSSR count). The van der Waals surface area contributed by atoms with Crippen molar-refractivity contribution in [3.8, 4) is 5.75 Å². The SMILES string of the molecule is COc1ccc(C2CCCCC2)cc1.O=CC1CCC(C2CCCCC2)CC1. The van der Waals surface area contributed by atoms with Crippen LogP contribution in [0.1, 0.15) is 101 Å². The summed E-state index contributed by atoms with van der Waals surface area (Å²) in [4.78, 5) is 10.6. The van der Waals surface area contributed by atoms with Gasteiger partial charge in [-0.25, -0.2) is 0 Å². The van der Waals surface area contributed by atoms with Crippen LogP contribution in [0.2, 0.25) is 0 Å². The molecule has 2 nitrogen and oxygen atoms in total. The molecule has 0 amide bonds. The fourth-order valence-electron chi connectivity index (χ4n) is 5.67. The van der Waals surface area contributed by atoms with Crippen LogP contribution in [0.15, 0.2) is 24.3 Å². The number of methoxy groups -OCH3 is 1. The van der Waals surface area contributed by atoms with Crippen molar-refractivity contribution in [1.82, 2.24) is 0 Å². The quantitative estimate of drug-likeness (QED) is 0.508. The fourth-order valence-corrected chi connectivity index (χ4v) is 5.67. The van der Waals surface area contributed by atoms with Crippen LogP contribution in [0.4, 0.5) is 0 Å². The highest BCUT2D eigenvalue weighted by Crippen LogP contribution is 2.39. The van der Waals surface area contributed by atoms with Crippen molar-refractivity contribution < 1.29 is 9.53 Å². The molecule has 3 fully saturated rings. The Balaban J connectivity index is 0.000000161. The predicted octanol–water partition coefficient (Wildman–Crippen LogP) is 7.31. The maximum absolute atomic E-state index is 10.6. The van der Waals surface area contributed by atoms with Crippen molar-refractivity contribution in [2.45, 2.75) is 95.8 Å². The third-order valence-corrected chi connectivity index (χ3v) is 7.52. The molecule has 0 atom stereocenters. The van der Waals surface area contributed by atoms with Crippen LogP contribution in [0.3, 0.4) is 0 Å². The lowest BCUT2D eigenvalue weighted by Gasteiger charge is -2.34. The molecule has 3 saturated carbocycles. The molecule has 0 heterocycles. The van der Waals surface area contributed by atoms with Gasteiger partial charge in [0, 0.05) is 5.92 Å². The summed E-state index contributed by atoms with van der Waals surface area (Å²) in [5.41, 5.74) is 1.49. The third-order valence-electron chi connectivity index (χ3n) is 7.52. The van der Waals surface area contributed by atoms with Gasteiger partial charge in [-0.2, -0.15) is 0 Å². The lowest BCUT2D eigenvalue weighted by atomic mass is 9.71. The second-order valence-electron chi connectivity index (χ2n) is 9.32. The molecule has 0 saturated heterocycles. The van der Waals surface area contributed by atoms with Gasteiger partial charge in [-0.15, -0.1) is 0 Å². The van der Waals surface area contributed by atoms with Crippen molar-refractivity contribution in [2.24, 2.45) is 17.8 Å². The highest BCUT2D eigenvalue weighted by atomic mass is 16.5. The zero-order valence-electron chi connectivity index (χ0n) is 17.9. The second kappa shape index (κ2) is 11.6. The number of aldehydes is 1. The average molecular weight is 385 g/mol. The van der Waals surface area contributed by atoms with E-state index in [4.69, 9.17) is 4.74 Å². The summed E-state index contributed by atoms with van der Waals surface area (Å²) in [5.74, 6) is 4.14. The maximum atomic E-state index is 10.6. The van der Waals surface area contributed by atoms with Gasteiger partial charge in [0.2, 0.25) is 0 Å². The smallest absolute Gasteiger partial charge is 0.123 e. The van der Waals surface area contributed by atoms with E-state index in [2.05, 4.69) is 24.3 Å². The first kappa shape index (κ1) is 21.4. The molecule has 0 bridgehead atoms. The van der Waals surface area contributed by atoms with Crippen molar-refractivity contribution in [3.63, 3.8) is 0 Å². The normalized spacial score (nSPS) is 26.8. The zero-order chi connectivity index (χ0) is 19.6. The first-order valence-electron chi connectivity index (χ1n) is 11.9. The summed E-state index contributed by atoms with van der Waals surface area (Å²) >= 11 is 0. The predicted molar refractivity (Wildman–Crippen MR) is 117 cm³/mol. The number of carbonyl (C=O) groups is 1. The van der Waals surface area contributed by atoms with E-state index in [0.717, 1.165) is 23.5 Å². The molecule has 0 N–H and O–H groups in total. The Morgan fingerprint density at radius 1 is 0.714 bits per heavy atom. The molecule has 3 aliphatic carbocycles. The highest BCUT2D eigenvalue weighted by Gasteiger charge is 2.28. The van der Waals surface area contributed by atoms with Crippen LogP contribution in [0, 0.1) is 17.8 Å². The van der Waals surface area contributed by atoms with Crippen molar-refractivity contribution in [3.05, 3.63) is 29.8 Å². The van der Waals surface area contributed by atoms with Crippen LogP contribution in [-0.2, 0) is 4.79 Å². The molecular weight excluding hydrogens is 344 g/mol. The lowest BCUT2D eigenvalue weighted by molar-refractivity contribution is -0.112. The topological polar surface area (TPSA) is 26.3 Å². The molecule has 28 heavy (non-hydrogen) atoms. The molecule has 1 aromatic carbocycles. The largest absolute Gasteiger partial charge is 0.497 e. The third kappa shape index (κ3) is 6.36. The van der Waals surface area contributed by atoms with Crippen molar-refractivity contribution in [2.75, 3.05) is 7.11 Å². The standard InChI is InChI=1S/C13H18O.C13H22O/c1-14-13-9-7-12(8-10-13)11-5-3-2-4-6-11;14-10-11-6-8-13(9-7-11)12-4-2-1-3-5-12/h7-11H,2-6H2,1H3;10-13H,1-9H2. The summed E-state index contributed by atoms with van der Waals surface area (Å²) in [6.07, 6.45) is 20.4. The maximum Gasteiger partial charge on any atom is 0.123 e. The Morgan fingerprint density at radius 3 is 1.79 bits per heavy atom. The Kier molecular flexibility index (Phi) is 8.89. The summed E-state index contributed by atoms with van der Waals surface area (Å²) in [6, 6.07) is 8.58. The number of ether oxygens (including phenoxy) is 1. The van der Waals surface area contributed by atoms with Crippen LogP contribution in [0.5, 0.6) is 5.75 Å². The summed E-state index contributed by atoms with van der Waals surface area (Å²) < 4.78 is 5.16. The molecule has 0 unspecified atom stereocenters. The van der Waals surface area contributed by atoms with Crippen LogP contribution < -0.4 is 4.74 Å². The van der Waals surface area contributed by atoms with Crippen LogP contribution >= 0.6 is 0 Å². The van der Waals surface area contributed by atoms with Gasteiger partial charge in [0.05, 0.1) is 7.11 Å². The van der Waals surface area contributed by atoms with E-state index in [-0.39, 0.29) is 0 Å². The molecule has 1 aromatic rings. The van der Waals surface area contributed by atoms with E-state index in [1.807, 2.05) is 0 Å². The van der Waals surface area contributed by atoms with E-state index >= 15 is 0 Å². The summed E-state index contributed by atoms with van der Waals surface area (Å²) in [7, 11) is 1.72. The van der Waals surface area contributed by atoms with Gasteiger partial charge in [-0.1, -0.05) is 63.5 Å². The van der Waals surface area contributed by atoms with Crippen LogP contribution in [0.25, 0.3) is 0 Å². The molecule has 0 radical (unpaired) electrons. The molecule has 156 valence electrons. The number of benzene rings is 1. The molecular formula is C26H40O2. The van der Waals surface area contributed by atoms with E-state index in [1.54, 1.807) is 7.11 Å². The Bertz CT molecular complexity index is 544. The lowest BCUT2D eigenvalue weighted by Crippen LogP contribution is -2.23. The minimum absolute atomic E-state index is 0.398. The Labute approximate surface area is 172 Å². The zero-order valence-corrected chi connectivity index (χ0v) is 17.9. The fraction of sp³-hybridized carbons (Fsp3) is 0.731. The number of carbonyl (C=O) groups excluding carboxylic acids is 1. The number of rotatable bonds is 4. The first-order chi connectivity index (χ1) is 13.8. The Hall–Kier alpha value is -1.31. The van der Waals surface area contributed by atoms with E-state index in [9.17, 15) is 4.79 Å². The first-order valence-corrected chi connectivity index (χ1v) is 11.9. The second-order valence-corrected chi connectivity index (χ2v) is 9.32. The van der Waals surface area contributed by atoms with E-state index in [1.165, 1.54) is 102 Å². The minimum atomic E-state index is 0.398. The van der Waals surface area contributed by atoms with E-state index in [0.29, 0.717) is 5.92 Å². The summed E-state index contributed by atoms with van der Waals surface area (Å²) in [5, 5.41) is 0. The molecule has 0 aliphatic heterocycles.